The number of hydrogen-bond acceptors (Lipinski definition) is 2. The number of carbonyl (C=O) groups excluding carboxylic acids is 1. The molecule has 0 saturated carbocycles. The quantitative estimate of drug-likeness (QED) is 0.449. The highest BCUT2D eigenvalue weighted by molar-refractivity contribution is 9.10. The predicted molar refractivity (Wildman–Crippen MR) is 69.8 cm³/mol. The second-order valence-corrected chi connectivity index (χ2v) is 5.42. The Bertz CT molecular complexity index is 349. The topological polar surface area (TPSA) is 17.1 Å². The van der Waals surface area contributed by atoms with Gasteiger partial charge in [0, 0.05) is 14.9 Å². The zero-order chi connectivity index (χ0) is 11.3. The summed E-state index contributed by atoms with van der Waals surface area (Å²) in [4.78, 5) is 12.4. The van der Waals surface area contributed by atoms with Crippen molar-refractivity contribution in [3.8, 4) is 0 Å². The third-order valence-electron chi connectivity index (χ3n) is 2.09. The van der Waals surface area contributed by atoms with E-state index in [0.29, 0.717) is 0 Å². The molecule has 0 N–H and O–H groups in total. The lowest BCUT2D eigenvalue weighted by Gasteiger charge is -2.04. The molecule has 3 heteroatoms. The zero-order valence-electron chi connectivity index (χ0n) is 9.05. The van der Waals surface area contributed by atoms with Crippen LogP contribution in [0.5, 0.6) is 0 Å². The Labute approximate surface area is 104 Å². The van der Waals surface area contributed by atoms with Gasteiger partial charge in [-0.05, 0) is 37.3 Å². The average molecular weight is 287 g/mol. The van der Waals surface area contributed by atoms with E-state index in [2.05, 4.69) is 22.9 Å². The SMILES string of the molecule is CCCCSc1ccc(C(C)=O)c(Br)c1. The van der Waals surface area contributed by atoms with Crippen LogP contribution in [-0.4, -0.2) is 11.5 Å². The number of hydrogen-bond donors (Lipinski definition) is 0. The van der Waals surface area contributed by atoms with Crippen molar-refractivity contribution in [2.75, 3.05) is 5.75 Å². The summed E-state index contributed by atoms with van der Waals surface area (Å²) < 4.78 is 0.900. The monoisotopic (exact) mass is 286 g/mol. The normalized spacial score (nSPS) is 10.3. The number of unbranched alkanes of at least 4 members (excludes halogenated alkanes) is 1. The van der Waals surface area contributed by atoms with Crippen LogP contribution in [-0.2, 0) is 0 Å². The predicted octanol–water partition coefficient (Wildman–Crippen LogP) is 4.54. The summed E-state index contributed by atoms with van der Waals surface area (Å²) in [6.45, 7) is 3.78. The van der Waals surface area contributed by atoms with Crippen molar-refractivity contribution in [3.05, 3.63) is 28.2 Å². The fourth-order valence-electron chi connectivity index (χ4n) is 1.21. The van der Waals surface area contributed by atoms with Gasteiger partial charge in [0.1, 0.15) is 0 Å². The molecule has 0 aliphatic heterocycles. The maximum atomic E-state index is 11.2. The van der Waals surface area contributed by atoms with Gasteiger partial charge in [-0.3, -0.25) is 4.79 Å². The molecule has 0 fully saturated rings. The number of halogens is 1. The van der Waals surface area contributed by atoms with E-state index < -0.39 is 0 Å². The maximum absolute atomic E-state index is 11.2. The first-order chi connectivity index (χ1) is 7.15. The Hall–Kier alpha value is -0.280. The Morgan fingerprint density at radius 2 is 2.20 bits per heavy atom. The summed E-state index contributed by atoms with van der Waals surface area (Å²) in [7, 11) is 0. The van der Waals surface area contributed by atoms with Crippen LogP contribution in [0.4, 0.5) is 0 Å². The van der Waals surface area contributed by atoms with Gasteiger partial charge in [0.2, 0.25) is 0 Å². The van der Waals surface area contributed by atoms with E-state index in [4.69, 9.17) is 0 Å². The molecule has 15 heavy (non-hydrogen) atoms. The molecule has 0 spiro atoms. The standard InChI is InChI=1S/C12H15BrOS/c1-3-4-7-15-10-5-6-11(9(2)14)12(13)8-10/h5-6,8H,3-4,7H2,1-2H3. The van der Waals surface area contributed by atoms with Gasteiger partial charge in [0.15, 0.2) is 5.78 Å². The van der Waals surface area contributed by atoms with Crippen LogP contribution in [0.1, 0.15) is 37.0 Å². The van der Waals surface area contributed by atoms with E-state index in [1.807, 2.05) is 30.0 Å². The lowest BCUT2D eigenvalue weighted by Crippen LogP contribution is -1.93. The fourth-order valence-corrected chi connectivity index (χ4v) is 3.05. The third-order valence-corrected chi connectivity index (χ3v) is 3.82. The van der Waals surface area contributed by atoms with Crippen LogP contribution in [0.2, 0.25) is 0 Å². The molecule has 1 aromatic rings. The number of ketones is 1. The van der Waals surface area contributed by atoms with Crippen molar-refractivity contribution in [1.29, 1.82) is 0 Å². The van der Waals surface area contributed by atoms with Gasteiger partial charge in [-0.2, -0.15) is 0 Å². The molecule has 0 unspecified atom stereocenters. The minimum atomic E-state index is 0.104. The number of Topliss-reactive ketones (excluding diaryl/α,β-unsaturated/α-hetero) is 1. The zero-order valence-corrected chi connectivity index (χ0v) is 11.5. The first-order valence-electron chi connectivity index (χ1n) is 5.08. The van der Waals surface area contributed by atoms with Gasteiger partial charge < -0.3 is 0 Å². The van der Waals surface area contributed by atoms with Gasteiger partial charge in [-0.1, -0.05) is 29.3 Å². The molecule has 0 atom stereocenters. The highest BCUT2D eigenvalue weighted by Gasteiger charge is 2.05. The second kappa shape index (κ2) is 6.33. The van der Waals surface area contributed by atoms with Gasteiger partial charge >= 0.3 is 0 Å². The van der Waals surface area contributed by atoms with E-state index in [9.17, 15) is 4.79 Å². The van der Waals surface area contributed by atoms with Gasteiger partial charge in [-0.25, -0.2) is 0 Å². The Morgan fingerprint density at radius 1 is 1.47 bits per heavy atom. The second-order valence-electron chi connectivity index (χ2n) is 3.40. The Balaban J connectivity index is 2.69. The molecular formula is C12H15BrOS. The first-order valence-corrected chi connectivity index (χ1v) is 6.86. The molecule has 1 aromatic carbocycles. The largest absolute Gasteiger partial charge is 0.294 e. The summed E-state index contributed by atoms with van der Waals surface area (Å²) >= 11 is 5.26. The number of carbonyl (C=O) groups is 1. The Kier molecular flexibility index (Phi) is 5.40. The van der Waals surface area contributed by atoms with Crippen LogP contribution in [0, 0.1) is 0 Å². The summed E-state index contributed by atoms with van der Waals surface area (Å²) in [5.74, 6) is 1.24. The summed E-state index contributed by atoms with van der Waals surface area (Å²) in [6, 6.07) is 5.93. The van der Waals surface area contributed by atoms with Crippen molar-refractivity contribution in [3.63, 3.8) is 0 Å². The number of thioether (sulfide) groups is 1. The molecule has 0 bridgehead atoms. The Morgan fingerprint density at radius 3 is 2.73 bits per heavy atom. The van der Waals surface area contributed by atoms with E-state index in [0.717, 1.165) is 15.8 Å². The lowest BCUT2D eigenvalue weighted by molar-refractivity contribution is 0.101. The van der Waals surface area contributed by atoms with Crippen molar-refractivity contribution in [1.82, 2.24) is 0 Å². The number of rotatable bonds is 5. The molecular weight excluding hydrogens is 272 g/mol. The van der Waals surface area contributed by atoms with Gasteiger partial charge in [0.05, 0.1) is 0 Å². The molecule has 0 aliphatic carbocycles. The summed E-state index contributed by atoms with van der Waals surface area (Å²) in [5, 5.41) is 0. The molecule has 0 amide bonds. The highest BCUT2D eigenvalue weighted by Crippen LogP contribution is 2.26. The van der Waals surface area contributed by atoms with E-state index in [1.165, 1.54) is 17.7 Å². The van der Waals surface area contributed by atoms with Gasteiger partial charge in [-0.15, -0.1) is 11.8 Å². The van der Waals surface area contributed by atoms with E-state index in [-0.39, 0.29) is 5.78 Å². The smallest absolute Gasteiger partial charge is 0.160 e. The van der Waals surface area contributed by atoms with Crippen molar-refractivity contribution in [2.24, 2.45) is 0 Å². The highest BCUT2D eigenvalue weighted by atomic mass is 79.9. The van der Waals surface area contributed by atoms with Crippen molar-refractivity contribution >= 4 is 33.5 Å². The minimum Gasteiger partial charge on any atom is -0.294 e. The van der Waals surface area contributed by atoms with Gasteiger partial charge in [0.25, 0.3) is 0 Å². The lowest BCUT2D eigenvalue weighted by atomic mass is 10.2. The molecule has 0 aromatic heterocycles. The van der Waals surface area contributed by atoms with E-state index >= 15 is 0 Å². The van der Waals surface area contributed by atoms with Crippen LogP contribution < -0.4 is 0 Å². The van der Waals surface area contributed by atoms with E-state index in [1.54, 1.807) is 6.92 Å². The van der Waals surface area contributed by atoms with Crippen LogP contribution in [0.3, 0.4) is 0 Å². The summed E-state index contributed by atoms with van der Waals surface area (Å²) in [6.07, 6.45) is 2.45. The van der Waals surface area contributed by atoms with Crippen LogP contribution in [0.15, 0.2) is 27.6 Å². The maximum Gasteiger partial charge on any atom is 0.160 e. The van der Waals surface area contributed by atoms with Crippen LogP contribution >= 0.6 is 27.7 Å². The average Bonchev–Trinajstić information content (AvgIpc) is 2.17. The minimum absolute atomic E-state index is 0.104. The van der Waals surface area contributed by atoms with Crippen LogP contribution in [0.25, 0.3) is 0 Å². The third kappa shape index (κ3) is 3.99. The fraction of sp³-hybridized carbons (Fsp3) is 0.417. The molecule has 1 nitrogen and oxygen atoms in total. The number of benzene rings is 1. The molecule has 0 aliphatic rings. The molecule has 0 radical (unpaired) electrons. The molecule has 82 valence electrons. The molecule has 1 rings (SSSR count). The van der Waals surface area contributed by atoms with Crippen molar-refractivity contribution < 1.29 is 4.79 Å². The first kappa shape index (κ1) is 12.8. The van der Waals surface area contributed by atoms with Crippen molar-refractivity contribution in [2.45, 2.75) is 31.6 Å². The molecule has 0 saturated heterocycles. The summed E-state index contributed by atoms with van der Waals surface area (Å²) in [5.41, 5.74) is 0.759. The molecule has 0 heterocycles.